The van der Waals surface area contributed by atoms with E-state index in [9.17, 15) is 9.59 Å². The fourth-order valence-corrected chi connectivity index (χ4v) is 2.55. The highest BCUT2D eigenvalue weighted by Gasteiger charge is 2.19. The molecule has 2 aromatic rings. The standard InChI is InChI=1S/C17H17Cl2N3O2/c18-13-8-12(9-14(20)16(13)19)17(24)22(7-6-15(21)23)10-11-4-2-1-3-5-11/h1-5,8-9H,6-7,10,20H2,(H2,21,23). The van der Waals surface area contributed by atoms with Crippen molar-refractivity contribution in [2.75, 3.05) is 12.3 Å². The Morgan fingerprint density at radius 2 is 1.75 bits per heavy atom. The predicted molar refractivity (Wildman–Crippen MR) is 95.9 cm³/mol. The highest BCUT2D eigenvalue weighted by atomic mass is 35.5. The number of hydrogen-bond donors (Lipinski definition) is 2. The Bertz CT molecular complexity index is 728. The number of carbonyl (C=O) groups is 2. The fraction of sp³-hybridized carbons (Fsp3) is 0.176. The molecule has 0 aliphatic carbocycles. The van der Waals surface area contributed by atoms with E-state index < -0.39 is 5.91 Å². The minimum absolute atomic E-state index is 0.0649. The molecule has 0 bridgehead atoms. The lowest BCUT2D eigenvalue weighted by molar-refractivity contribution is -0.118. The molecular weight excluding hydrogens is 349 g/mol. The zero-order valence-electron chi connectivity index (χ0n) is 12.8. The molecule has 0 atom stereocenters. The second-order valence-corrected chi connectivity index (χ2v) is 6.08. The lowest BCUT2D eigenvalue weighted by Gasteiger charge is -2.23. The van der Waals surface area contributed by atoms with Crippen molar-refractivity contribution in [2.45, 2.75) is 13.0 Å². The minimum atomic E-state index is -0.477. The average Bonchev–Trinajstić information content (AvgIpc) is 2.56. The summed E-state index contributed by atoms with van der Waals surface area (Å²) in [6.45, 7) is 0.538. The van der Waals surface area contributed by atoms with E-state index in [-0.39, 0.29) is 34.6 Å². The van der Waals surface area contributed by atoms with Crippen molar-refractivity contribution in [3.8, 4) is 0 Å². The van der Waals surface area contributed by atoms with E-state index in [0.717, 1.165) is 5.56 Å². The Hall–Kier alpha value is -2.24. The Kier molecular flexibility index (Phi) is 6.06. The summed E-state index contributed by atoms with van der Waals surface area (Å²) in [5.41, 5.74) is 12.4. The SMILES string of the molecule is NC(=O)CCN(Cc1ccccc1)C(=O)c1cc(N)c(Cl)c(Cl)c1. The molecule has 0 spiro atoms. The lowest BCUT2D eigenvalue weighted by Crippen LogP contribution is -2.33. The van der Waals surface area contributed by atoms with Crippen LogP contribution in [0.2, 0.25) is 10.0 Å². The summed E-state index contributed by atoms with van der Waals surface area (Å²) in [6.07, 6.45) is 0.0649. The van der Waals surface area contributed by atoms with Crippen LogP contribution in [0.5, 0.6) is 0 Å². The lowest BCUT2D eigenvalue weighted by atomic mass is 10.1. The third-order valence-corrected chi connectivity index (χ3v) is 4.25. The Labute approximate surface area is 150 Å². The van der Waals surface area contributed by atoms with E-state index in [1.54, 1.807) is 0 Å². The van der Waals surface area contributed by atoms with Crippen molar-refractivity contribution in [3.05, 3.63) is 63.6 Å². The van der Waals surface area contributed by atoms with Crippen LogP contribution in [0.4, 0.5) is 5.69 Å². The molecule has 0 heterocycles. The maximum absolute atomic E-state index is 12.8. The third kappa shape index (κ3) is 4.63. The van der Waals surface area contributed by atoms with Crippen LogP contribution >= 0.6 is 23.2 Å². The number of halogens is 2. The van der Waals surface area contributed by atoms with Gasteiger partial charge in [-0.3, -0.25) is 9.59 Å². The highest BCUT2D eigenvalue weighted by molar-refractivity contribution is 6.43. The number of rotatable bonds is 6. The van der Waals surface area contributed by atoms with Crippen LogP contribution in [0, 0.1) is 0 Å². The zero-order valence-corrected chi connectivity index (χ0v) is 14.3. The summed E-state index contributed by atoms with van der Waals surface area (Å²) in [5, 5.41) is 0.412. The molecule has 0 radical (unpaired) electrons. The molecule has 4 N–H and O–H groups in total. The number of amides is 2. The van der Waals surface area contributed by atoms with Gasteiger partial charge in [-0.1, -0.05) is 53.5 Å². The first kappa shape index (κ1) is 18.1. The molecule has 0 aliphatic rings. The minimum Gasteiger partial charge on any atom is -0.397 e. The van der Waals surface area contributed by atoms with Gasteiger partial charge < -0.3 is 16.4 Å². The van der Waals surface area contributed by atoms with Gasteiger partial charge in [-0.2, -0.15) is 0 Å². The summed E-state index contributed by atoms with van der Waals surface area (Å²) in [5.74, 6) is -0.778. The van der Waals surface area contributed by atoms with Crippen molar-refractivity contribution < 1.29 is 9.59 Å². The molecule has 0 saturated heterocycles. The van der Waals surface area contributed by atoms with E-state index in [0.29, 0.717) is 12.1 Å². The summed E-state index contributed by atoms with van der Waals surface area (Å²) >= 11 is 11.9. The average molecular weight is 366 g/mol. The topological polar surface area (TPSA) is 89.4 Å². The summed E-state index contributed by atoms with van der Waals surface area (Å²) in [4.78, 5) is 25.4. The summed E-state index contributed by atoms with van der Waals surface area (Å²) in [6, 6.07) is 12.4. The molecule has 24 heavy (non-hydrogen) atoms. The molecule has 2 aromatic carbocycles. The molecule has 0 aromatic heterocycles. The Morgan fingerprint density at radius 3 is 2.33 bits per heavy atom. The summed E-state index contributed by atoms with van der Waals surface area (Å²) in [7, 11) is 0. The molecule has 2 rings (SSSR count). The smallest absolute Gasteiger partial charge is 0.254 e. The van der Waals surface area contributed by atoms with E-state index in [4.69, 9.17) is 34.7 Å². The molecule has 126 valence electrons. The van der Waals surface area contributed by atoms with E-state index in [1.807, 2.05) is 30.3 Å². The van der Waals surface area contributed by atoms with Crippen molar-refractivity contribution in [2.24, 2.45) is 5.73 Å². The van der Waals surface area contributed by atoms with Crippen LogP contribution in [-0.2, 0) is 11.3 Å². The second kappa shape index (κ2) is 8.04. The quantitative estimate of drug-likeness (QED) is 0.770. The van der Waals surface area contributed by atoms with Gasteiger partial charge in [-0.25, -0.2) is 0 Å². The first-order chi connectivity index (χ1) is 11.4. The molecule has 2 amide bonds. The van der Waals surface area contributed by atoms with Gasteiger partial charge in [-0.05, 0) is 17.7 Å². The van der Waals surface area contributed by atoms with Gasteiger partial charge in [0, 0.05) is 25.1 Å². The van der Waals surface area contributed by atoms with E-state index >= 15 is 0 Å². The first-order valence-corrected chi connectivity index (χ1v) is 8.00. The monoisotopic (exact) mass is 365 g/mol. The number of nitrogens with zero attached hydrogens (tertiary/aromatic N) is 1. The number of primary amides is 1. The van der Waals surface area contributed by atoms with Crippen molar-refractivity contribution in [3.63, 3.8) is 0 Å². The number of hydrogen-bond acceptors (Lipinski definition) is 3. The highest BCUT2D eigenvalue weighted by Crippen LogP contribution is 2.30. The maximum atomic E-state index is 12.8. The zero-order chi connectivity index (χ0) is 17.7. The second-order valence-electron chi connectivity index (χ2n) is 5.29. The fourth-order valence-electron chi connectivity index (χ4n) is 2.22. The largest absolute Gasteiger partial charge is 0.397 e. The first-order valence-electron chi connectivity index (χ1n) is 7.24. The van der Waals surface area contributed by atoms with Gasteiger partial charge in [0.15, 0.2) is 0 Å². The van der Waals surface area contributed by atoms with Crippen molar-refractivity contribution in [1.29, 1.82) is 0 Å². The normalized spacial score (nSPS) is 10.4. The number of benzene rings is 2. The number of nitrogen functional groups attached to an aromatic ring is 1. The molecular formula is C17H17Cl2N3O2. The molecule has 0 aliphatic heterocycles. The Morgan fingerprint density at radius 1 is 1.08 bits per heavy atom. The molecule has 0 unspecified atom stereocenters. The number of anilines is 1. The van der Waals surface area contributed by atoms with Crippen molar-refractivity contribution >= 4 is 40.7 Å². The number of carbonyl (C=O) groups excluding carboxylic acids is 2. The molecule has 0 fully saturated rings. The third-order valence-electron chi connectivity index (χ3n) is 3.43. The van der Waals surface area contributed by atoms with Crippen molar-refractivity contribution in [1.82, 2.24) is 4.90 Å². The van der Waals surface area contributed by atoms with Crippen LogP contribution in [-0.4, -0.2) is 23.3 Å². The van der Waals surface area contributed by atoms with Crippen LogP contribution < -0.4 is 11.5 Å². The van der Waals surface area contributed by atoms with Gasteiger partial charge in [-0.15, -0.1) is 0 Å². The Balaban J connectivity index is 2.28. The molecule has 0 saturated carbocycles. The van der Waals surface area contributed by atoms with Crippen LogP contribution in [0.3, 0.4) is 0 Å². The predicted octanol–water partition coefficient (Wildman–Crippen LogP) is 3.09. The molecule has 5 nitrogen and oxygen atoms in total. The van der Waals surface area contributed by atoms with E-state index in [1.165, 1.54) is 17.0 Å². The van der Waals surface area contributed by atoms with Crippen LogP contribution in [0.1, 0.15) is 22.3 Å². The van der Waals surface area contributed by atoms with Gasteiger partial charge in [0.1, 0.15) is 0 Å². The van der Waals surface area contributed by atoms with Gasteiger partial charge >= 0.3 is 0 Å². The van der Waals surface area contributed by atoms with Crippen LogP contribution in [0.15, 0.2) is 42.5 Å². The van der Waals surface area contributed by atoms with E-state index in [2.05, 4.69) is 0 Å². The van der Waals surface area contributed by atoms with Gasteiger partial charge in [0.25, 0.3) is 5.91 Å². The van der Waals surface area contributed by atoms with Crippen LogP contribution in [0.25, 0.3) is 0 Å². The maximum Gasteiger partial charge on any atom is 0.254 e. The molecule has 7 heteroatoms. The summed E-state index contributed by atoms with van der Waals surface area (Å²) < 4.78 is 0. The number of nitrogens with two attached hydrogens (primary N) is 2. The van der Waals surface area contributed by atoms with Gasteiger partial charge in [0.2, 0.25) is 5.91 Å². The van der Waals surface area contributed by atoms with Gasteiger partial charge in [0.05, 0.1) is 15.7 Å².